The van der Waals surface area contributed by atoms with E-state index < -0.39 is 0 Å². The molecule has 2 nitrogen and oxygen atoms in total. The summed E-state index contributed by atoms with van der Waals surface area (Å²) in [5.41, 5.74) is 0.617. The second-order valence-corrected chi connectivity index (χ2v) is 1.64. The highest BCUT2D eigenvalue weighted by Gasteiger charge is 1.95. The Morgan fingerprint density at radius 2 is 2.33 bits per heavy atom. The fraction of sp³-hybridized carbons (Fsp3) is 0.429. The first kappa shape index (κ1) is 7.99. The molecule has 0 saturated heterocycles. The highest BCUT2D eigenvalue weighted by molar-refractivity contribution is 5.56. The Labute approximate surface area is 54.8 Å². The minimum atomic E-state index is 0.220. The van der Waals surface area contributed by atoms with Crippen LogP contribution in [0.25, 0.3) is 0 Å². The van der Waals surface area contributed by atoms with Crippen LogP contribution in [0.2, 0.25) is 0 Å². The Morgan fingerprint density at radius 3 is 2.44 bits per heavy atom. The number of rotatable bonds is 3. The van der Waals surface area contributed by atoms with Crippen LogP contribution in [0.15, 0.2) is 17.9 Å². The fourth-order valence-electron chi connectivity index (χ4n) is 0.384. The first-order valence-corrected chi connectivity index (χ1v) is 2.76. The molecule has 0 amide bonds. The average molecular weight is 126 g/mol. The normalized spacial score (nSPS) is 7.78. The minimum Gasteiger partial charge on any atom is -0.483 e. The van der Waals surface area contributed by atoms with Crippen LogP contribution in [0.4, 0.5) is 0 Å². The molecule has 0 aliphatic heterocycles. The largest absolute Gasteiger partial charge is 0.483 e. The Morgan fingerprint density at radius 1 is 1.78 bits per heavy atom. The van der Waals surface area contributed by atoms with Crippen molar-refractivity contribution in [1.29, 1.82) is 0 Å². The average Bonchev–Trinajstić information content (AvgIpc) is 1.82. The van der Waals surface area contributed by atoms with Gasteiger partial charge in [0.2, 0.25) is 5.76 Å². The van der Waals surface area contributed by atoms with Crippen molar-refractivity contribution < 1.29 is 9.53 Å². The first-order valence-electron chi connectivity index (χ1n) is 2.76. The van der Waals surface area contributed by atoms with Gasteiger partial charge in [-0.05, 0) is 19.4 Å². The number of carbonyl (C=O) groups excluding carboxylic acids is 1. The van der Waals surface area contributed by atoms with E-state index in [9.17, 15) is 4.79 Å². The number of ether oxygens (including phenoxy) is 1. The van der Waals surface area contributed by atoms with Crippen molar-refractivity contribution in [2.24, 2.45) is 0 Å². The van der Waals surface area contributed by atoms with Gasteiger partial charge >= 0.3 is 0 Å². The quantitative estimate of drug-likeness (QED) is 0.324. The third-order valence-corrected chi connectivity index (χ3v) is 0.769. The highest BCUT2D eigenvalue weighted by atomic mass is 16.5. The summed E-state index contributed by atoms with van der Waals surface area (Å²) in [5.74, 6) is 1.87. The lowest BCUT2D eigenvalue weighted by Crippen LogP contribution is -1.92. The topological polar surface area (TPSA) is 26.3 Å². The molecule has 0 aliphatic carbocycles. The van der Waals surface area contributed by atoms with E-state index in [4.69, 9.17) is 4.74 Å². The van der Waals surface area contributed by atoms with Gasteiger partial charge in [-0.2, -0.15) is 0 Å². The maximum Gasteiger partial charge on any atom is 0.205 e. The van der Waals surface area contributed by atoms with E-state index >= 15 is 0 Å². The van der Waals surface area contributed by atoms with Crippen molar-refractivity contribution >= 4 is 5.94 Å². The Hall–Kier alpha value is -1.01. The van der Waals surface area contributed by atoms with Crippen molar-refractivity contribution in [2.75, 3.05) is 6.61 Å². The van der Waals surface area contributed by atoms with Crippen LogP contribution < -0.4 is 0 Å². The molecule has 0 spiro atoms. The summed E-state index contributed by atoms with van der Waals surface area (Å²) in [6.07, 6.45) is 0. The molecule has 0 rings (SSSR count). The van der Waals surface area contributed by atoms with Gasteiger partial charge in [0.25, 0.3) is 0 Å². The van der Waals surface area contributed by atoms with E-state index in [0.29, 0.717) is 12.2 Å². The third kappa shape index (κ3) is 2.73. The van der Waals surface area contributed by atoms with E-state index in [-0.39, 0.29) is 5.76 Å². The van der Waals surface area contributed by atoms with Gasteiger partial charge in [0.15, 0.2) is 5.94 Å². The zero-order valence-electron chi connectivity index (χ0n) is 5.73. The molecule has 0 unspecified atom stereocenters. The van der Waals surface area contributed by atoms with Crippen molar-refractivity contribution in [2.45, 2.75) is 13.8 Å². The summed E-state index contributed by atoms with van der Waals surface area (Å²) in [6, 6.07) is 0. The molecule has 0 bridgehead atoms. The number of allylic oxidation sites excluding steroid dienone is 1. The van der Waals surface area contributed by atoms with Gasteiger partial charge in [0.1, 0.15) is 0 Å². The first-order chi connectivity index (χ1) is 4.22. The highest BCUT2D eigenvalue weighted by Crippen LogP contribution is 2.02. The zero-order chi connectivity index (χ0) is 7.28. The molecule has 0 aliphatic rings. The molecule has 0 atom stereocenters. The van der Waals surface area contributed by atoms with Crippen molar-refractivity contribution in [1.82, 2.24) is 0 Å². The van der Waals surface area contributed by atoms with E-state index in [1.807, 2.05) is 0 Å². The Kier molecular flexibility index (Phi) is 3.49. The summed E-state index contributed by atoms with van der Waals surface area (Å²) >= 11 is 0. The third-order valence-electron chi connectivity index (χ3n) is 0.769. The predicted octanol–water partition coefficient (Wildman–Crippen LogP) is 1.31. The van der Waals surface area contributed by atoms with Crippen molar-refractivity contribution in [3.8, 4) is 0 Å². The van der Waals surface area contributed by atoms with Crippen LogP contribution in [-0.4, -0.2) is 12.5 Å². The predicted molar refractivity (Wildman–Crippen MR) is 35.6 cm³/mol. The van der Waals surface area contributed by atoms with Crippen LogP contribution in [0.3, 0.4) is 0 Å². The molecule has 0 aromatic carbocycles. The van der Waals surface area contributed by atoms with Crippen LogP contribution >= 0.6 is 0 Å². The molecule has 0 heterocycles. The maximum atomic E-state index is 9.99. The lowest BCUT2D eigenvalue weighted by Gasteiger charge is -2.00. The molecule has 0 aromatic rings. The van der Waals surface area contributed by atoms with Crippen LogP contribution in [0.5, 0.6) is 0 Å². The second kappa shape index (κ2) is 3.93. The van der Waals surface area contributed by atoms with Crippen LogP contribution in [0.1, 0.15) is 13.8 Å². The summed E-state index contributed by atoms with van der Waals surface area (Å²) in [7, 11) is 0. The Bertz CT molecular complexity index is 152. The van der Waals surface area contributed by atoms with Crippen LogP contribution in [-0.2, 0) is 9.53 Å². The van der Waals surface area contributed by atoms with Gasteiger partial charge in [0, 0.05) is 0 Å². The van der Waals surface area contributed by atoms with Crippen LogP contribution in [0, 0.1) is 0 Å². The molecule has 9 heavy (non-hydrogen) atoms. The lowest BCUT2D eigenvalue weighted by atomic mass is 10.3. The fourth-order valence-corrected chi connectivity index (χ4v) is 0.384. The molecule has 0 saturated carbocycles. The molecule has 0 radical (unpaired) electrons. The molecule has 50 valence electrons. The van der Waals surface area contributed by atoms with Gasteiger partial charge in [-0.15, -0.1) is 0 Å². The summed E-state index contributed by atoms with van der Waals surface area (Å²) in [5, 5.41) is 0. The second-order valence-electron chi connectivity index (χ2n) is 1.64. The van der Waals surface area contributed by atoms with E-state index in [2.05, 4.69) is 6.58 Å². The maximum absolute atomic E-state index is 9.99. The van der Waals surface area contributed by atoms with Gasteiger partial charge in [-0.25, -0.2) is 4.79 Å². The van der Waals surface area contributed by atoms with Gasteiger partial charge in [-0.3, -0.25) is 0 Å². The van der Waals surface area contributed by atoms with Crippen molar-refractivity contribution in [3.05, 3.63) is 17.9 Å². The SMILES string of the molecule is C=C(C)C(=C=O)OCC. The summed E-state index contributed by atoms with van der Waals surface area (Å²) in [6.45, 7) is 7.51. The van der Waals surface area contributed by atoms with E-state index in [0.717, 1.165) is 0 Å². The van der Waals surface area contributed by atoms with Gasteiger partial charge < -0.3 is 4.74 Å². The van der Waals surface area contributed by atoms with E-state index in [1.54, 1.807) is 19.8 Å². The van der Waals surface area contributed by atoms with Gasteiger partial charge in [-0.1, -0.05) is 6.58 Å². The molecule has 0 aromatic heterocycles. The number of hydrogen-bond acceptors (Lipinski definition) is 2. The summed E-state index contributed by atoms with van der Waals surface area (Å²) in [4.78, 5) is 9.99. The lowest BCUT2D eigenvalue weighted by molar-refractivity contribution is 0.241. The summed E-state index contributed by atoms with van der Waals surface area (Å²) < 4.78 is 4.85. The molecule has 0 N–H and O–H groups in total. The van der Waals surface area contributed by atoms with Crippen molar-refractivity contribution in [3.63, 3.8) is 0 Å². The molecule has 0 fully saturated rings. The monoisotopic (exact) mass is 126 g/mol. The molecule has 2 heteroatoms. The zero-order valence-corrected chi connectivity index (χ0v) is 5.73. The molecular formula is C7H10O2. The van der Waals surface area contributed by atoms with Gasteiger partial charge in [0.05, 0.1) is 6.61 Å². The standard InChI is InChI=1S/C7H10O2/c1-4-9-7(5-8)6(2)3/h2,4H2,1,3H3. The molecular weight excluding hydrogens is 116 g/mol. The number of hydrogen-bond donors (Lipinski definition) is 0. The smallest absolute Gasteiger partial charge is 0.205 e. The Balaban J connectivity index is 4.02. The minimum absolute atomic E-state index is 0.220. The van der Waals surface area contributed by atoms with E-state index in [1.165, 1.54) is 0 Å².